The molecule has 4 aromatic rings. The van der Waals surface area contributed by atoms with Gasteiger partial charge in [-0.2, -0.15) is 0 Å². The van der Waals surface area contributed by atoms with Gasteiger partial charge in [0, 0.05) is 22.9 Å². The normalized spacial score (nSPS) is 12.1. The molecule has 0 aliphatic rings. The van der Waals surface area contributed by atoms with Crippen molar-refractivity contribution in [3.05, 3.63) is 85.3 Å². The van der Waals surface area contributed by atoms with Gasteiger partial charge >= 0.3 is 0 Å². The van der Waals surface area contributed by atoms with Crippen molar-refractivity contribution in [2.45, 2.75) is 26.8 Å². The quantitative estimate of drug-likeness (QED) is 0.373. The number of thiazole rings is 1. The van der Waals surface area contributed by atoms with Gasteiger partial charge in [0.2, 0.25) is 0 Å². The van der Waals surface area contributed by atoms with Crippen LogP contribution in [-0.4, -0.2) is 13.9 Å². The van der Waals surface area contributed by atoms with Crippen LogP contribution in [-0.2, 0) is 7.05 Å². The zero-order chi connectivity index (χ0) is 21.4. The van der Waals surface area contributed by atoms with Crippen molar-refractivity contribution in [2.24, 2.45) is 12.0 Å². The Kier molecular flexibility index (Phi) is 5.66. The van der Waals surface area contributed by atoms with Crippen LogP contribution in [0.1, 0.15) is 25.6 Å². The molecular weight excluding hydrogens is 460 g/mol. The van der Waals surface area contributed by atoms with E-state index in [9.17, 15) is 4.79 Å². The zero-order valence-electron chi connectivity index (χ0n) is 17.3. The Hall–Kier alpha value is -2.64. The van der Waals surface area contributed by atoms with E-state index in [-0.39, 0.29) is 11.6 Å². The number of para-hydroxylation sites is 1. The third-order valence-electron chi connectivity index (χ3n) is 5.13. The molecule has 30 heavy (non-hydrogen) atoms. The molecule has 0 spiro atoms. The van der Waals surface area contributed by atoms with Gasteiger partial charge in [0.05, 0.1) is 17.1 Å². The van der Waals surface area contributed by atoms with Gasteiger partial charge in [-0.3, -0.25) is 9.48 Å². The van der Waals surface area contributed by atoms with E-state index in [1.54, 1.807) is 16.0 Å². The highest BCUT2D eigenvalue weighted by Crippen LogP contribution is 2.25. The minimum Gasteiger partial charge on any atom is -0.314 e. The van der Waals surface area contributed by atoms with E-state index >= 15 is 0 Å². The van der Waals surface area contributed by atoms with E-state index in [4.69, 9.17) is 4.99 Å². The predicted octanol–water partition coefficient (Wildman–Crippen LogP) is 5.59. The summed E-state index contributed by atoms with van der Waals surface area (Å²) >= 11 is 5.05. The van der Waals surface area contributed by atoms with Gasteiger partial charge in [-0.15, -0.1) is 11.3 Å². The fraction of sp³-hybridized carbons (Fsp3) is 0.217. The van der Waals surface area contributed by atoms with E-state index < -0.39 is 0 Å². The first-order valence-electron chi connectivity index (χ1n) is 9.73. The lowest BCUT2D eigenvalue weighted by Gasteiger charge is -2.12. The molecule has 154 valence electrons. The Labute approximate surface area is 187 Å². The van der Waals surface area contributed by atoms with Crippen molar-refractivity contribution in [3.8, 4) is 16.9 Å². The molecule has 0 radical (unpaired) electrons. The molecule has 2 aromatic heterocycles. The Morgan fingerprint density at radius 2 is 1.70 bits per heavy atom. The summed E-state index contributed by atoms with van der Waals surface area (Å²) < 4.78 is 6.76. The molecule has 0 aliphatic heterocycles. The number of benzene rings is 2. The summed E-state index contributed by atoms with van der Waals surface area (Å²) in [6.07, 6.45) is 0. The van der Waals surface area contributed by atoms with Crippen molar-refractivity contribution < 1.29 is 0 Å². The molecule has 2 aromatic carbocycles. The second-order valence-electron chi connectivity index (χ2n) is 7.40. The fourth-order valence-corrected chi connectivity index (χ4v) is 4.81. The molecule has 0 aliphatic carbocycles. The summed E-state index contributed by atoms with van der Waals surface area (Å²) in [6.45, 7) is 6.20. The molecule has 0 amide bonds. The van der Waals surface area contributed by atoms with Crippen molar-refractivity contribution in [1.82, 2.24) is 13.9 Å². The van der Waals surface area contributed by atoms with Crippen LogP contribution >= 0.6 is 27.3 Å². The van der Waals surface area contributed by atoms with Crippen LogP contribution in [0, 0.1) is 6.92 Å². The lowest BCUT2D eigenvalue weighted by atomic mass is 10.1. The lowest BCUT2D eigenvalue weighted by Crippen LogP contribution is -2.21. The topological polar surface area (TPSA) is 44.2 Å². The van der Waals surface area contributed by atoms with Gasteiger partial charge < -0.3 is 4.57 Å². The Bertz CT molecular complexity index is 1310. The lowest BCUT2D eigenvalue weighted by molar-refractivity contribution is 0.591. The third-order valence-corrected chi connectivity index (χ3v) is 6.50. The predicted molar refractivity (Wildman–Crippen MR) is 127 cm³/mol. The molecule has 0 atom stereocenters. The first-order chi connectivity index (χ1) is 14.4. The van der Waals surface area contributed by atoms with Crippen LogP contribution in [0.4, 0.5) is 5.69 Å². The van der Waals surface area contributed by atoms with E-state index in [1.165, 1.54) is 0 Å². The summed E-state index contributed by atoms with van der Waals surface area (Å²) in [5, 5.41) is 2.11. The zero-order valence-corrected chi connectivity index (χ0v) is 19.7. The summed E-state index contributed by atoms with van der Waals surface area (Å²) in [5.74, 6) is 0. The van der Waals surface area contributed by atoms with Crippen LogP contribution in [0.5, 0.6) is 0 Å². The fourth-order valence-electron chi connectivity index (χ4n) is 3.51. The summed E-state index contributed by atoms with van der Waals surface area (Å²) in [4.78, 5) is 18.9. The van der Waals surface area contributed by atoms with Crippen LogP contribution in [0.3, 0.4) is 0 Å². The Morgan fingerprint density at radius 3 is 2.33 bits per heavy atom. The number of hydrogen-bond acceptors (Lipinski definition) is 3. The minimum atomic E-state index is -0.116. The molecule has 0 bridgehead atoms. The van der Waals surface area contributed by atoms with Crippen molar-refractivity contribution in [2.75, 3.05) is 0 Å². The van der Waals surface area contributed by atoms with Gasteiger partial charge in [-0.25, -0.2) is 9.67 Å². The smallest absolute Gasteiger partial charge is 0.297 e. The van der Waals surface area contributed by atoms with Crippen LogP contribution < -0.4 is 10.4 Å². The average Bonchev–Trinajstić information content (AvgIpc) is 3.24. The molecular formula is C23H23BrN4OS. The summed E-state index contributed by atoms with van der Waals surface area (Å²) in [7, 11) is 1.89. The van der Waals surface area contributed by atoms with Crippen LogP contribution in [0.2, 0.25) is 0 Å². The molecule has 4 rings (SSSR count). The second-order valence-corrected chi connectivity index (χ2v) is 9.15. The van der Waals surface area contributed by atoms with Crippen molar-refractivity contribution in [3.63, 3.8) is 0 Å². The first-order valence-corrected chi connectivity index (χ1v) is 11.4. The largest absolute Gasteiger partial charge is 0.314 e. The SMILES string of the molecule is Cc1c(N=c2scc(-c3ccc(Br)cc3)n2C(C)C)c(=O)n(-c2ccccc2)n1C. The van der Waals surface area contributed by atoms with E-state index in [0.29, 0.717) is 5.69 Å². The van der Waals surface area contributed by atoms with Gasteiger partial charge in [0.1, 0.15) is 0 Å². The minimum absolute atomic E-state index is 0.116. The van der Waals surface area contributed by atoms with E-state index in [0.717, 1.165) is 31.9 Å². The highest BCUT2D eigenvalue weighted by atomic mass is 79.9. The highest BCUT2D eigenvalue weighted by molar-refractivity contribution is 9.10. The maximum absolute atomic E-state index is 13.2. The van der Waals surface area contributed by atoms with Crippen molar-refractivity contribution in [1.29, 1.82) is 0 Å². The van der Waals surface area contributed by atoms with E-state index in [1.807, 2.05) is 61.1 Å². The Balaban J connectivity index is 1.91. The van der Waals surface area contributed by atoms with Crippen LogP contribution in [0.25, 0.3) is 16.9 Å². The van der Waals surface area contributed by atoms with Gasteiger partial charge in [-0.05, 0) is 50.6 Å². The second kappa shape index (κ2) is 8.24. The molecule has 2 heterocycles. The number of aromatic nitrogens is 3. The molecule has 0 saturated heterocycles. The maximum atomic E-state index is 13.2. The first kappa shape index (κ1) is 20.6. The third kappa shape index (κ3) is 3.63. The standard InChI is InChI=1S/C23H23BrN4OS/c1-15(2)27-20(17-10-12-18(24)13-11-17)14-30-23(27)25-21-16(3)26(4)28(22(21)29)19-8-6-5-7-9-19/h5-15H,1-4H3. The van der Waals surface area contributed by atoms with Crippen LogP contribution in [0.15, 0.2) is 74.2 Å². The van der Waals surface area contributed by atoms with Crippen molar-refractivity contribution >= 4 is 33.0 Å². The van der Waals surface area contributed by atoms with E-state index in [2.05, 4.69) is 51.9 Å². The molecule has 7 heteroatoms. The molecule has 0 unspecified atom stereocenters. The van der Waals surface area contributed by atoms with Gasteiger partial charge in [0.25, 0.3) is 5.56 Å². The van der Waals surface area contributed by atoms with Gasteiger partial charge in [0.15, 0.2) is 10.5 Å². The summed E-state index contributed by atoms with van der Waals surface area (Å²) in [5.41, 5.74) is 4.23. The number of hydrogen-bond donors (Lipinski definition) is 0. The van der Waals surface area contributed by atoms with Gasteiger partial charge in [-0.1, -0.05) is 46.3 Å². The molecule has 0 N–H and O–H groups in total. The summed E-state index contributed by atoms with van der Waals surface area (Å²) in [6, 6.07) is 18.1. The molecule has 0 saturated carbocycles. The Morgan fingerprint density at radius 1 is 1.03 bits per heavy atom. The highest BCUT2D eigenvalue weighted by Gasteiger charge is 2.17. The number of rotatable bonds is 4. The number of nitrogens with zero attached hydrogens (tertiary/aromatic N) is 4. The average molecular weight is 483 g/mol. The molecule has 5 nitrogen and oxygen atoms in total. The maximum Gasteiger partial charge on any atom is 0.297 e. The number of halogens is 1. The molecule has 0 fully saturated rings. The monoisotopic (exact) mass is 482 g/mol.